The minimum absolute atomic E-state index is 0.175. The topological polar surface area (TPSA) is 26.0 Å². The molecule has 0 aliphatic heterocycles. The van der Waals surface area contributed by atoms with Crippen molar-refractivity contribution in [3.05, 3.63) is 46.6 Å². The van der Waals surface area contributed by atoms with Gasteiger partial charge < -0.3 is 5.73 Å². The summed E-state index contributed by atoms with van der Waals surface area (Å²) in [4.78, 5) is 0.980. The van der Waals surface area contributed by atoms with Gasteiger partial charge in [0.15, 0.2) is 0 Å². The third-order valence-corrected chi connectivity index (χ3v) is 3.64. The smallest absolute Gasteiger partial charge is 0.131 e. The molecule has 0 atom stereocenters. The highest BCUT2D eigenvalue weighted by Gasteiger charge is 2.11. The van der Waals surface area contributed by atoms with E-state index in [1.54, 1.807) is 23.5 Å². The molecular weight excluding hydrogens is 209 g/mol. The van der Waals surface area contributed by atoms with E-state index in [9.17, 15) is 4.39 Å². The predicted molar refractivity (Wildman–Crippen MR) is 62.3 cm³/mol. The molecule has 1 nitrogen and oxygen atoms in total. The van der Waals surface area contributed by atoms with Crippen LogP contribution in [0.3, 0.4) is 0 Å². The maximum atomic E-state index is 13.5. The van der Waals surface area contributed by atoms with Gasteiger partial charge in [-0.25, -0.2) is 4.39 Å². The molecule has 0 amide bonds. The number of nitrogens with two attached hydrogens (primary N) is 1. The Hall–Kier alpha value is -1.19. The molecule has 0 aliphatic carbocycles. The van der Waals surface area contributed by atoms with E-state index in [2.05, 4.69) is 0 Å². The summed E-state index contributed by atoms with van der Waals surface area (Å²) < 4.78 is 13.5. The summed E-state index contributed by atoms with van der Waals surface area (Å²) in [6.45, 7) is 2.50. The Kier molecular flexibility index (Phi) is 2.84. The van der Waals surface area contributed by atoms with Gasteiger partial charge in [-0.15, -0.1) is 11.3 Å². The molecule has 0 saturated heterocycles. The second-order valence-corrected chi connectivity index (χ2v) is 4.28. The van der Waals surface area contributed by atoms with E-state index < -0.39 is 0 Å². The summed E-state index contributed by atoms with van der Waals surface area (Å²) in [6, 6.07) is 6.83. The zero-order valence-corrected chi connectivity index (χ0v) is 9.27. The lowest BCUT2D eigenvalue weighted by Gasteiger charge is -2.02. The summed E-state index contributed by atoms with van der Waals surface area (Å²) in [5.41, 5.74) is 8.45. The molecule has 1 aromatic heterocycles. The van der Waals surface area contributed by atoms with Gasteiger partial charge in [-0.3, -0.25) is 0 Å². The average molecular weight is 221 g/mol. The monoisotopic (exact) mass is 221 g/mol. The van der Waals surface area contributed by atoms with Gasteiger partial charge in [0.1, 0.15) is 5.82 Å². The molecule has 0 radical (unpaired) electrons. The third kappa shape index (κ3) is 1.80. The summed E-state index contributed by atoms with van der Waals surface area (Å²) in [6.07, 6.45) is 0. The molecule has 2 N–H and O–H groups in total. The normalized spacial score (nSPS) is 10.6. The van der Waals surface area contributed by atoms with E-state index in [4.69, 9.17) is 5.73 Å². The van der Waals surface area contributed by atoms with E-state index in [0.29, 0.717) is 12.1 Å². The van der Waals surface area contributed by atoms with Crippen molar-refractivity contribution in [1.82, 2.24) is 0 Å². The zero-order valence-electron chi connectivity index (χ0n) is 8.46. The summed E-state index contributed by atoms with van der Waals surface area (Å²) in [5, 5.41) is 2.00. The number of thiophene rings is 1. The van der Waals surface area contributed by atoms with Crippen LogP contribution in [0, 0.1) is 12.7 Å². The number of rotatable bonds is 2. The molecule has 0 bridgehead atoms. The van der Waals surface area contributed by atoms with Crippen molar-refractivity contribution in [2.45, 2.75) is 13.5 Å². The highest BCUT2D eigenvalue weighted by Crippen LogP contribution is 2.33. The molecule has 78 valence electrons. The number of benzene rings is 1. The Balaban J connectivity index is 2.55. The molecule has 1 aromatic carbocycles. The summed E-state index contributed by atoms with van der Waals surface area (Å²) >= 11 is 1.55. The lowest BCUT2D eigenvalue weighted by molar-refractivity contribution is 0.631. The fourth-order valence-electron chi connectivity index (χ4n) is 1.56. The predicted octanol–water partition coefficient (Wildman–Crippen LogP) is 3.32. The Morgan fingerprint density at radius 3 is 2.67 bits per heavy atom. The van der Waals surface area contributed by atoms with Crippen LogP contribution in [-0.2, 0) is 6.54 Å². The molecular formula is C12H12FNS. The standard InChI is InChI=1S/C12H12FNS/c1-8-9(6-14)7-15-12(8)10-4-2-3-5-11(10)13/h2-5,7H,6,14H2,1H3. The molecule has 0 unspecified atom stereocenters. The van der Waals surface area contributed by atoms with Crippen molar-refractivity contribution >= 4 is 11.3 Å². The van der Waals surface area contributed by atoms with Crippen LogP contribution in [0.4, 0.5) is 4.39 Å². The fourth-order valence-corrected chi connectivity index (χ4v) is 2.70. The number of hydrogen-bond acceptors (Lipinski definition) is 2. The van der Waals surface area contributed by atoms with Crippen LogP contribution in [0.2, 0.25) is 0 Å². The largest absolute Gasteiger partial charge is 0.326 e. The van der Waals surface area contributed by atoms with Crippen molar-refractivity contribution in [3.8, 4) is 10.4 Å². The molecule has 0 aliphatic rings. The highest BCUT2D eigenvalue weighted by atomic mass is 32.1. The second kappa shape index (κ2) is 4.13. The molecule has 3 heteroatoms. The summed E-state index contributed by atoms with van der Waals surface area (Å²) in [5.74, 6) is -0.175. The van der Waals surface area contributed by atoms with Crippen LogP contribution in [0.1, 0.15) is 11.1 Å². The van der Waals surface area contributed by atoms with Gasteiger partial charge in [0.2, 0.25) is 0 Å². The van der Waals surface area contributed by atoms with Crippen LogP contribution < -0.4 is 5.73 Å². The van der Waals surface area contributed by atoms with Crippen LogP contribution in [-0.4, -0.2) is 0 Å². The van der Waals surface area contributed by atoms with Gasteiger partial charge in [0.25, 0.3) is 0 Å². The summed E-state index contributed by atoms with van der Waals surface area (Å²) in [7, 11) is 0. The average Bonchev–Trinajstić information content (AvgIpc) is 2.60. The van der Waals surface area contributed by atoms with E-state index in [0.717, 1.165) is 16.0 Å². The van der Waals surface area contributed by atoms with Crippen molar-refractivity contribution in [2.24, 2.45) is 5.73 Å². The van der Waals surface area contributed by atoms with Crippen molar-refractivity contribution in [3.63, 3.8) is 0 Å². The maximum Gasteiger partial charge on any atom is 0.131 e. The lowest BCUT2D eigenvalue weighted by atomic mass is 10.1. The van der Waals surface area contributed by atoms with Crippen LogP contribution in [0.25, 0.3) is 10.4 Å². The van der Waals surface area contributed by atoms with E-state index >= 15 is 0 Å². The number of hydrogen-bond donors (Lipinski definition) is 1. The minimum atomic E-state index is -0.175. The fraction of sp³-hybridized carbons (Fsp3) is 0.167. The van der Waals surface area contributed by atoms with Crippen molar-refractivity contribution in [2.75, 3.05) is 0 Å². The maximum absolute atomic E-state index is 13.5. The first-order valence-electron chi connectivity index (χ1n) is 4.76. The third-order valence-electron chi connectivity index (χ3n) is 2.48. The molecule has 0 spiro atoms. The quantitative estimate of drug-likeness (QED) is 0.827. The number of halogens is 1. The Morgan fingerprint density at radius 1 is 1.33 bits per heavy atom. The highest BCUT2D eigenvalue weighted by molar-refractivity contribution is 7.14. The van der Waals surface area contributed by atoms with E-state index in [-0.39, 0.29) is 5.82 Å². The molecule has 2 aromatic rings. The van der Waals surface area contributed by atoms with Crippen LogP contribution >= 0.6 is 11.3 Å². The van der Waals surface area contributed by atoms with Gasteiger partial charge in [0.05, 0.1) is 0 Å². The Bertz CT molecular complexity index is 476. The molecule has 0 fully saturated rings. The Labute approximate surface area is 92.4 Å². The van der Waals surface area contributed by atoms with Crippen LogP contribution in [0.5, 0.6) is 0 Å². The van der Waals surface area contributed by atoms with Gasteiger partial charge in [0, 0.05) is 17.0 Å². The zero-order chi connectivity index (χ0) is 10.8. The van der Waals surface area contributed by atoms with Gasteiger partial charge >= 0.3 is 0 Å². The lowest BCUT2D eigenvalue weighted by Crippen LogP contribution is -1.96. The van der Waals surface area contributed by atoms with Gasteiger partial charge in [-0.05, 0) is 29.5 Å². The Morgan fingerprint density at radius 2 is 2.07 bits per heavy atom. The minimum Gasteiger partial charge on any atom is -0.326 e. The molecule has 2 rings (SSSR count). The first kappa shape index (κ1) is 10.3. The first-order chi connectivity index (χ1) is 7.24. The van der Waals surface area contributed by atoms with E-state index in [1.165, 1.54) is 6.07 Å². The SMILES string of the molecule is Cc1c(CN)csc1-c1ccccc1F. The van der Waals surface area contributed by atoms with Crippen molar-refractivity contribution < 1.29 is 4.39 Å². The second-order valence-electron chi connectivity index (χ2n) is 3.40. The van der Waals surface area contributed by atoms with Gasteiger partial charge in [-0.1, -0.05) is 18.2 Å². The van der Waals surface area contributed by atoms with Crippen LogP contribution in [0.15, 0.2) is 29.6 Å². The van der Waals surface area contributed by atoms with Gasteiger partial charge in [-0.2, -0.15) is 0 Å². The molecule has 0 saturated carbocycles. The first-order valence-corrected chi connectivity index (χ1v) is 5.64. The molecule has 15 heavy (non-hydrogen) atoms. The van der Waals surface area contributed by atoms with Crippen molar-refractivity contribution in [1.29, 1.82) is 0 Å². The van der Waals surface area contributed by atoms with E-state index in [1.807, 2.05) is 18.4 Å². The molecule has 1 heterocycles.